The van der Waals surface area contributed by atoms with Gasteiger partial charge in [-0.05, 0) is 43.6 Å². The van der Waals surface area contributed by atoms with E-state index in [1.807, 2.05) is 0 Å². The van der Waals surface area contributed by atoms with Gasteiger partial charge < -0.3 is 54.0 Å². The molecule has 0 aliphatic heterocycles. The molecule has 49 heavy (non-hydrogen) atoms. The highest BCUT2D eigenvalue weighted by molar-refractivity contribution is 5.96. The van der Waals surface area contributed by atoms with Crippen molar-refractivity contribution in [1.82, 2.24) is 26.6 Å². The predicted octanol–water partition coefficient (Wildman–Crippen LogP) is -2.17. The van der Waals surface area contributed by atoms with E-state index in [4.69, 9.17) is 17.2 Å². The fraction of sp³-hybridized carbons (Fsp3) is 0.594. The van der Waals surface area contributed by atoms with Gasteiger partial charge in [0.05, 0.1) is 12.6 Å². The minimum Gasteiger partial charge on any atom is -0.480 e. The van der Waals surface area contributed by atoms with Crippen LogP contribution in [0.2, 0.25) is 0 Å². The summed E-state index contributed by atoms with van der Waals surface area (Å²) in [4.78, 5) is 81.4. The van der Waals surface area contributed by atoms with Crippen LogP contribution in [-0.2, 0) is 35.2 Å². The molecular formula is C32H53N9O8. The van der Waals surface area contributed by atoms with Gasteiger partial charge in [-0.25, -0.2) is 4.79 Å². The molecule has 0 saturated carbocycles. The third kappa shape index (κ3) is 15.8. The van der Waals surface area contributed by atoms with Gasteiger partial charge in [-0.1, -0.05) is 58.0 Å². The Labute approximate surface area is 286 Å². The van der Waals surface area contributed by atoms with Gasteiger partial charge in [-0.3, -0.25) is 29.0 Å². The molecule has 0 spiro atoms. The number of aliphatic carboxylic acids is 1. The summed E-state index contributed by atoms with van der Waals surface area (Å²) >= 11 is 0. The molecule has 5 amide bonds. The Morgan fingerprint density at radius 1 is 0.735 bits per heavy atom. The number of nitrogens with two attached hydrogens (primary N) is 3. The zero-order valence-electron chi connectivity index (χ0n) is 28.8. The smallest absolute Gasteiger partial charge is 0.326 e. The Morgan fingerprint density at radius 3 is 1.78 bits per heavy atom. The van der Waals surface area contributed by atoms with Gasteiger partial charge in [0.15, 0.2) is 5.96 Å². The van der Waals surface area contributed by atoms with E-state index in [0.29, 0.717) is 0 Å². The molecule has 0 bridgehead atoms. The van der Waals surface area contributed by atoms with E-state index in [9.17, 15) is 39.0 Å². The number of aliphatic hydroxyl groups excluding tert-OH is 1. The molecule has 0 unspecified atom stereocenters. The van der Waals surface area contributed by atoms with Crippen LogP contribution in [0, 0.1) is 11.8 Å². The maximum atomic E-state index is 13.6. The zero-order valence-corrected chi connectivity index (χ0v) is 28.8. The number of hydrogen-bond donors (Lipinski definition) is 10. The van der Waals surface area contributed by atoms with Crippen LogP contribution >= 0.6 is 0 Å². The van der Waals surface area contributed by atoms with E-state index in [1.54, 1.807) is 58.0 Å². The fourth-order valence-electron chi connectivity index (χ4n) is 4.62. The molecule has 0 heterocycles. The summed E-state index contributed by atoms with van der Waals surface area (Å²) < 4.78 is 0. The molecule has 0 aliphatic rings. The summed E-state index contributed by atoms with van der Waals surface area (Å²) in [7, 11) is 0. The van der Waals surface area contributed by atoms with E-state index >= 15 is 0 Å². The van der Waals surface area contributed by atoms with Gasteiger partial charge >= 0.3 is 5.97 Å². The second-order valence-corrected chi connectivity index (χ2v) is 12.6. The number of hydrogen-bond acceptors (Lipinski definition) is 9. The van der Waals surface area contributed by atoms with Crippen molar-refractivity contribution >= 4 is 41.5 Å². The molecule has 6 atom stereocenters. The highest BCUT2D eigenvalue weighted by Crippen LogP contribution is 2.10. The van der Waals surface area contributed by atoms with Crippen LogP contribution in [0.3, 0.4) is 0 Å². The Kier molecular flexibility index (Phi) is 18.3. The molecule has 274 valence electrons. The van der Waals surface area contributed by atoms with Crippen LogP contribution in [0.1, 0.15) is 59.4 Å². The minimum atomic E-state index is -1.54. The first kappa shape index (κ1) is 42.3. The first-order valence-corrected chi connectivity index (χ1v) is 16.2. The highest BCUT2D eigenvalue weighted by Gasteiger charge is 2.33. The van der Waals surface area contributed by atoms with E-state index in [0.717, 1.165) is 5.56 Å². The van der Waals surface area contributed by atoms with Crippen molar-refractivity contribution in [1.29, 1.82) is 0 Å². The summed E-state index contributed by atoms with van der Waals surface area (Å²) in [6.45, 7) is 7.61. The second kappa shape index (κ2) is 21.3. The van der Waals surface area contributed by atoms with Crippen molar-refractivity contribution in [3.8, 4) is 0 Å². The lowest BCUT2D eigenvalue weighted by atomic mass is 10.00. The summed E-state index contributed by atoms with van der Waals surface area (Å²) in [5.41, 5.74) is 17.2. The molecule has 0 saturated heterocycles. The van der Waals surface area contributed by atoms with Crippen LogP contribution in [0.4, 0.5) is 0 Å². The van der Waals surface area contributed by atoms with Crippen molar-refractivity contribution < 1.29 is 39.0 Å². The molecule has 0 fully saturated rings. The van der Waals surface area contributed by atoms with Crippen LogP contribution in [-0.4, -0.2) is 101 Å². The molecule has 0 radical (unpaired) electrons. The third-order valence-electron chi connectivity index (χ3n) is 7.29. The maximum absolute atomic E-state index is 13.6. The van der Waals surface area contributed by atoms with Crippen molar-refractivity contribution in [2.45, 2.75) is 96.6 Å². The highest BCUT2D eigenvalue weighted by atomic mass is 16.4. The number of guanidine groups is 1. The number of carboxylic acids is 1. The molecule has 1 aromatic rings. The van der Waals surface area contributed by atoms with Crippen LogP contribution in [0.25, 0.3) is 0 Å². The topological polar surface area (TPSA) is 293 Å². The van der Waals surface area contributed by atoms with Gasteiger partial charge in [0, 0.05) is 13.0 Å². The van der Waals surface area contributed by atoms with Gasteiger partial charge in [-0.2, -0.15) is 0 Å². The molecule has 0 aromatic heterocycles. The number of nitrogens with one attached hydrogen (secondary N) is 5. The summed E-state index contributed by atoms with van der Waals surface area (Å²) in [6.07, 6.45) is 0.417. The molecule has 13 N–H and O–H groups in total. The third-order valence-corrected chi connectivity index (χ3v) is 7.29. The monoisotopic (exact) mass is 691 g/mol. The van der Waals surface area contributed by atoms with Crippen molar-refractivity contribution in [2.24, 2.45) is 34.0 Å². The lowest BCUT2D eigenvalue weighted by Crippen LogP contribution is -2.60. The number of carboxylic acid groups (broad SMARTS) is 1. The van der Waals surface area contributed by atoms with Crippen LogP contribution in [0.5, 0.6) is 0 Å². The molecule has 0 aliphatic carbocycles. The van der Waals surface area contributed by atoms with Gasteiger partial charge in [0.25, 0.3) is 0 Å². The normalized spacial score (nSPS) is 14.7. The maximum Gasteiger partial charge on any atom is 0.326 e. The number of carbonyl (C=O) groups excluding carboxylic acids is 5. The molecule has 1 aromatic carbocycles. The second-order valence-electron chi connectivity index (χ2n) is 12.6. The standard InChI is InChI=1S/C32H53N9O8/c1-17(2)14-23(31(48)49)39-29(46)24(16-42)40-27(44)21(12-9-13-36-32(34)35)37-30(47)25(18(3)4)41-28(45)22(38-26(43)19(5)33)15-20-10-7-6-8-11-20/h6-8,10-11,17-19,21-25,42H,9,12-16,33H2,1-5H3,(H,37,47)(H,38,43)(H,39,46)(H,40,44)(H,41,45)(H,48,49)(H4,34,35,36)/t19-,21-,22-,23-,24-,25-/m0/s1. The fourth-order valence-corrected chi connectivity index (χ4v) is 4.62. The number of rotatable bonds is 21. The number of carbonyl (C=O) groups is 6. The summed E-state index contributed by atoms with van der Waals surface area (Å²) in [5, 5.41) is 32.0. The van der Waals surface area contributed by atoms with E-state index in [1.165, 1.54) is 6.92 Å². The average Bonchev–Trinajstić information content (AvgIpc) is 3.02. The SMILES string of the molecule is CC(C)C[C@H](NC(=O)[C@H](CO)NC(=O)[C@H](CCCN=C(N)N)NC(=O)[C@@H](NC(=O)[C@H](Cc1ccccc1)NC(=O)[C@H](C)N)C(C)C)C(=O)O. The van der Waals surface area contributed by atoms with E-state index in [2.05, 4.69) is 31.6 Å². The molecule has 17 heteroatoms. The Hall–Kier alpha value is -4.77. The zero-order chi connectivity index (χ0) is 37.3. The quantitative estimate of drug-likeness (QED) is 0.0376. The van der Waals surface area contributed by atoms with Crippen molar-refractivity contribution in [3.63, 3.8) is 0 Å². The van der Waals surface area contributed by atoms with Gasteiger partial charge in [-0.15, -0.1) is 0 Å². The lowest BCUT2D eigenvalue weighted by molar-refractivity contribution is -0.143. The predicted molar refractivity (Wildman–Crippen MR) is 182 cm³/mol. The number of aliphatic hydroxyl groups is 1. The number of benzene rings is 1. The number of amides is 5. The minimum absolute atomic E-state index is 0.0148. The Morgan fingerprint density at radius 2 is 1.27 bits per heavy atom. The first-order chi connectivity index (χ1) is 23.0. The Balaban J connectivity index is 3.22. The number of nitrogens with zero attached hydrogens (tertiary/aromatic N) is 1. The average molecular weight is 692 g/mol. The Bertz CT molecular complexity index is 1290. The summed E-state index contributed by atoms with van der Waals surface area (Å²) in [5.74, 6) is -5.77. The van der Waals surface area contributed by atoms with E-state index in [-0.39, 0.29) is 44.1 Å². The number of aliphatic imine (C=N–C) groups is 1. The van der Waals surface area contributed by atoms with Gasteiger partial charge in [0.1, 0.15) is 30.2 Å². The molecule has 1 rings (SSSR count). The van der Waals surface area contributed by atoms with Crippen LogP contribution in [0.15, 0.2) is 35.3 Å². The van der Waals surface area contributed by atoms with Gasteiger partial charge in [0.2, 0.25) is 29.5 Å². The molecular weight excluding hydrogens is 638 g/mol. The largest absolute Gasteiger partial charge is 0.480 e. The van der Waals surface area contributed by atoms with Crippen molar-refractivity contribution in [3.05, 3.63) is 35.9 Å². The van der Waals surface area contributed by atoms with Crippen LogP contribution < -0.4 is 43.8 Å². The molecule has 17 nitrogen and oxygen atoms in total. The van der Waals surface area contributed by atoms with Crippen molar-refractivity contribution in [2.75, 3.05) is 13.2 Å². The summed E-state index contributed by atoms with van der Waals surface area (Å²) in [6, 6.07) is 1.69. The van der Waals surface area contributed by atoms with E-state index < -0.39 is 84.3 Å². The lowest BCUT2D eigenvalue weighted by Gasteiger charge is -2.28. The first-order valence-electron chi connectivity index (χ1n) is 16.2.